The minimum absolute atomic E-state index is 0.0251. The van der Waals surface area contributed by atoms with Crippen LogP contribution in [0.4, 0.5) is 17.1 Å². The predicted molar refractivity (Wildman–Crippen MR) is 158 cm³/mol. The molecule has 0 atom stereocenters. The highest BCUT2D eigenvalue weighted by Gasteiger charge is 2.28. The van der Waals surface area contributed by atoms with Gasteiger partial charge in [-0.2, -0.15) is 0 Å². The van der Waals surface area contributed by atoms with E-state index in [0.717, 1.165) is 18.4 Å². The lowest BCUT2D eigenvalue weighted by Crippen LogP contribution is -2.26. The molecule has 9 nitrogen and oxygen atoms in total. The van der Waals surface area contributed by atoms with Crippen molar-refractivity contribution in [3.8, 4) is 11.5 Å². The lowest BCUT2D eigenvalue weighted by molar-refractivity contribution is -0.384. The number of hydrogen-bond donors (Lipinski definition) is 3. The highest BCUT2D eigenvalue weighted by Crippen LogP contribution is 2.41. The van der Waals surface area contributed by atoms with E-state index in [4.69, 9.17) is 4.74 Å². The average Bonchev–Trinajstić information content (AvgIpc) is 2.92. The lowest BCUT2D eigenvalue weighted by Gasteiger charge is -2.30. The molecule has 2 amide bonds. The summed E-state index contributed by atoms with van der Waals surface area (Å²) in [6.45, 7) is 14.3. The zero-order valence-electron chi connectivity index (χ0n) is 24.2. The molecule has 40 heavy (non-hydrogen) atoms. The van der Waals surface area contributed by atoms with Crippen LogP contribution in [0.2, 0.25) is 0 Å². The van der Waals surface area contributed by atoms with E-state index in [1.807, 2.05) is 12.1 Å². The second-order valence-corrected chi connectivity index (χ2v) is 11.1. The number of nitrogens with zero attached hydrogens (tertiary/aromatic N) is 1. The molecule has 0 heterocycles. The fourth-order valence-corrected chi connectivity index (χ4v) is 3.98. The maximum atomic E-state index is 13.4. The molecule has 0 fully saturated rings. The summed E-state index contributed by atoms with van der Waals surface area (Å²) in [7, 11) is 0. The van der Waals surface area contributed by atoms with Crippen LogP contribution in [0.15, 0.2) is 60.7 Å². The van der Waals surface area contributed by atoms with E-state index >= 15 is 0 Å². The highest BCUT2D eigenvalue weighted by molar-refractivity contribution is 6.06. The summed E-state index contributed by atoms with van der Waals surface area (Å²) in [5, 5.41) is 14.3. The fourth-order valence-electron chi connectivity index (χ4n) is 3.98. The fraction of sp³-hybridized carbons (Fsp3) is 0.355. The molecule has 0 unspecified atom stereocenters. The predicted octanol–water partition coefficient (Wildman–Crippen LogP) is 7.48. The SMILES string of the molecule is CCC(C)(C)c1ccc(Oc2ccc([N+](=O)[O-])cc2C(=O)Nc2ccc(NNC(C)=O)cc2)c(C(C)(C)CC)c1. The van der Waals surface area contributed by atoms with Crippen LogP contribution < -0.4 is 20.9 Å². The van der Waals surface area contributed by atoms with E-state index in [9.17, 15) is 19.7 Å². The van der Waals surface area contributed by atoms with Crippen LogP contribution in [0.3, 0.4) is 0 Å². The lowest BCUT2D eigenvalue weighted by atomic mass is 9.76. The van der Waals surface area contributed by atoms with Crippen molar-refractivity contribution in [3.05, 3.63) is 87.5 Å². The normalized spacial score (nSPS) is 11.5. The Labute approximate surface area is 235 Å². The zero-order valence-corrected chi connectivity index (χ0v) is 24.2. The minimum Gasteiger partial charge on any atom is -0.456 e. The molecule has 0 radical (unpaired) electrons. The van der Waals surface area contributed by atoms with Gasteiger partial charge in [-0.15, -0.1) is 0 Å². The first kappa shape index (κ1) is 30.1. The van der Waals surface area contributed by atoms with Crippen LogP contribution in [0.25, 0.3) is 0 Å². The molecule has 3 aromatic carbocycles. The average molecular weight is 547 g/mol. The van der Waals surface area contributed by atoms with E-state index < -0.39 is 10.8 Å². The molecular formula is C31H38N4O5. The van der Waals surface area contributed by atoms with Crippen molar-refractivity contribution in [1.82, 2.24) is 5.43 Å². The quantitative estimate of drug-likeness (QED) is 0.169. The van der Waals surface area contributed by atoms with Crippen LogP contribution in [0.5, 0.6) is 11.5 Å². The number of anilines is 2. The number of amides is 2. The molecule has 212 valence electrons. The highest BCUT2D eigenvalue weighted by atomic mass is 16.6. The third kappa shape index (κ3) is 7.16. The molecule has 0 aromatic heterocycles. The van der Waals surface area contributed by atoms with Gasteiger partial charge in [0.25, 0.3) is 11.6 Å². The molecule has 3 aromatic rings. The number of hydrogen-bond acceptors (Lipinski definition) is 6. The van der Waals surface area contributed by atoms with Gasteiger partial charge >= 0.3 is 0 Å². The van der Waals surface area contributed by atoms with Crippen molar-refractivity contribution in [1.29, 1.82) is 0 Å². The molecule has 0 bridgehead atoms. The number of nitro benzene ring substituents is 1. The van der Waals surface area contributed by atoms with Crippen molar-refractivity contribution < 1.29 is 19.2 Å². The van der Waals surface area contributed by atoms with Gasteiger partial charge in [0.2, 0.25) is 5.91 Å². The molecule has 9 heteroatoms. The zero-order chi connectivity index (χ0) is 29.7. The van der Waals surface area contributed by atoms with Gasteiger partial charge in [-0.1, -0.05) is 53.7 Å². The molecule has 3 N–H and O–H groups in total. The first-order valence-electron chi connectivity index (χ1n) is 13.3. The van der Waals surface area contributed by atoms with Gasteiger partial charge in [-0.3, -0.25) is 30.6 Å². The van der Waals surface area contributed by atoms with Gasteiger partial charge in [-0.25, -0.2) is 0 Å². The third-order valence-corrected chi connectivity index (χ3v) is 7.42. The Morgan fingerprint density at radius 1 is 0.850 bits per heavy atom. The Morgan fingerprint density at radius 3 is 2.02 bits per heavy atom. The number of hydrazine groups is 1. The summed E-state index contributed by atoms with van der Waals surface area (Å²) in [6, 6.07) is 16.8. The van der Waals surface area contributed by atoms with Crippen LogP contribution in [-0.4, -0.2) is 16.7 Å². The summed E-state index contributed by atoms with van der Waals surface area (Å²) in [6.07, 6.45) is 1.83. The molecular weight excluding hydrogens is 508 g/mol. The van der Waals surface area contributed by atoms with Crippen molar-refractivity contribution >= 4 is 28.9 Å². The van der Waals surface area contributed by atoms with Crippen molar-refractivity contribution in [3.63, 3.8) is 0 Å². The van der Waals surface area contributed by atoms with Crippen molar-refractivity contribution in [2.45, 2.75) is 72.1 Å². The van der Waals surface area contributed by atoms with Crippen LogP contribution >= 0.6 is 0 Å². The Morgan fingerprint density at radius 2 is 1.45 bits per heavy atom. The maximum absolute atomic E-state index is 13.4. The summed E-state index contributed by atoms with van der Waals surface area (Å²) in [4.78, 5) is 35.5. The Bertz CT molecular complexity index is 1400. The van der Waals surface area contributed by atoms with Gasteiger partial charge in [0.1, 0.15) is 11.5 Å². The molecule has 0 aliphatic rings. The van der Waals surface area contributed by atoms with Crippen molar-refractivity contribution in [2.75, 3.05) is 10.7 Å². The van der Waals surface area contributed by atoms with Crippen LogP contribution in [0, 0.1) is 10.1 Å². The van der Waals surface area contributed by atoms with Gasteiger partial charge in [0.15, 0.2) is 0 Å². The molecule has 0 saturated carbocycles. The van der Waals surface area contributed by atoms with Gasteiger partial charge in [0.05, 0.1) is 16.2 Å². The topological polar surface area (TPSA) is 123 Å². The number of carbonyl (C=O) groups excluding carboxylic acids is 2. The molecule has 3 rings (SSSR count). The van der Waals surface area contributed by atoms with E-state index in [0.29, 0.717) is 17.1 Å². The first-order valence-corrected chi connectivity index (χ1v) is 13.3. The molecule has 0 aliphatic carbocycles. The van der Waals surface area contributed by atoms with E-state index in [-0.39, 0.29) is 33.7 Å². The molecule has 0 aliphatic heterocycles. The van der Waals surface area contributed by atoms with E-state index in [1.165, 1.54) is 30.7 Å². The summed E-state index contributed by atoms with van der Waals surface area (Å²) in [5.41, 5.74) is 8.07. The minimum atomic E-state index is -0.554. The number of carbonyl (C=O) groups is 2. The molecule has 0 saturated heterocycles. The van der Waals surface area contributed by atoms with E-state index in [2.05, 4.69) is 63.8 Å². The number of nitrogens with one attached hydrogen (secondary N) is 3. The summed E-state index contributed by atoms with van der Waals surface area (Å²) < 4.78 is 6.36. The Balaban J connectivity index is 1.99. The summed E-state index contributed by atoms with van der Waals surface area (Å²) in [5.74, 6) is 0.00703. The number of rotatable bonds is 11. The van der Waals surface area contributed by atoms with E-state index in [1.54, 1.807) is 24.3 Å². The number of ether oxygens (including phenoxy) is 1. The largest absolute Gasteiger partial charge is 0.456 e. The Hall–Kier alpha value is -4.40. The van der Waals surface area contributed by atoms with Crippen molar-refractivity contribution in [2.24, 2.45) is 0 Å². The maximum Gasteiger partial charge on any atom is 0.270 e. The second kappa shape index (κ2) is 12.2. The monoisotopic (exact) mass is 546 g/mol. The van der Waals surface area contributed by atoms with Crippen LogP contribution in [-0.2, 0) is 15.6 Å². The second-order valence-electron chi connectivity index (χ2n) is 11.1. The number of non-ortho nitro benzene ring substituents is 1. The first-order chi connectivity index (χ1) is 18.8. The summed E-state index contributed by atoms with van der Waals surface area (Å²) >= 11 is 0. The van der Waals surface area contributed by atoms with Gasteiger partial charge < -0.3 is 10.1 Å². The standard InChI is InChI=1S/C31H38N4O5/c1-8-30(4,5)21-10-16-28(26(18-21)31(6,7)9-2)40-27-17-15-24(35(38)39)19-25(27)29(37)32-22-11-13-23(14-12-22)34-33-20(3)36/h10-19,34H,8-9H2,1-7H3,(H,32,37)(H,33,36). The third-order valence-electron chi connectivity index (χ3n) is 7.42. The van der Waals surface area contributed by atoms with Crippen LogP contribution in [0.1, 0.15) is 82.8 Å². The van der Waals surface area contributed by atoms with Gasteiger partial charge in [-0.05, 0) is 65.6 Å². The molecule has 0 spiro atoms. The number of benzene rings is 3. The number of nitro groups is 1. The van der Waals surface area contributed by atoms with Gasteiger partial charge in [0, 0.05) is 30.3 Å². The Kier molecular flexibility index (Phi) is 9.19. The smallest absolute Gasteiger partial charge is 0.270 e.